The highest BCUT2D eigenvalue weighted by atomic mass is 19.2. The molecule has 0 spiro atoms. The largest absolute Gasteiger partial charge is 0.359 e. The quantitative estimate of drug-likeness (QED) is 0.627. The number of benzene rings is 1. The summed E-state index contributed by atoms with van der Waals surface area (Å²) in [5, 5.41) is 0. The summed E-state index contributed by atoms with van der Waals surface area (Å²) in [6, 6.07) is 5.43. The van der Waals surface area contributed by atoms with E-state index in [0.29, 0.717) is 12.8 Å². The van der Waals surface area contributed by atoms with Crippen LogP contribution < -0.4 is 4.90 Å². The normalized spacial score (nSPS) is 14.2. The third-order valence-corrected chi connectivity index (χ3v) is 3.55. The van der Waals surface area contributed by atoms with Crippen LogP contribution in [0.3, 0.4) is 0 Å². The smallest absolute Gasteiger partial charge is 0.253 e. The summed E-state index contributed by atoms with van der Waals surface area (Å²) in [7, 11) is 0. The Morgan fingerprint density at radius 1 is 0.955 bits per heavy atom. The molecule has 0 N–H and O–H groups in total. The first kappa shape index (κ1) is 14.7. The number of rotatable bonds is 4. The van der Waals surface area contributed by atoms with Gasteiger partial charge < -0.3 is 4.90 Å². The molecule has 0 aliphatic heterocycles. The monoisotopic (exact) mass is 314 g/mol. The van der Waals surface area contributed by atoms with Crippen molar-refractivity contribution in [1.29, 1.82) is 0 Å². The van der Waals surface area contributed by atoms with Crippen LogP contribution >= 0.6 is 0 Å². The van der Waals surface area contributed by atoms with Crippen LogP contribution in [-0.4, -0.2) is 11.0 Å². The zero-order valence-corrected chi connectivity index (χ0v) is 11.3. The molecule has 0 saturated heterocycles. The van der Waals surface area contributed by atoms with Gasteiger partial charge in [0.1, 0.15) is 11.5 Å². The van der Waals surface area contributed by atoms with E-state index in [1.54, 1.807) is 6.07 Å². The van der Waals surface area contributed by atoms with Gasteiger partial charge in [-0.2, -0.15) is 22.5 Å². The summed E-state index contributed by atoms with van der Waals surface area (Å²) >= 11 is 0. The third-order valence-electron chi connectivity index (χ3n) is 3.55. The van der Waals surface area contributed by atoms with E-state index in [-0.39, 0.29) is 18.2 Å². The molecule has 2 aromatic rings. The van der Waals surface area contributed by atoms with E-state index < -0.39 is 35.0 Å². The molecule has 1 heterocycles. The zero-order valence-electron chi connectivity index (χ0n) is 11.3. The molecular weight excluding hydrogens is 303 g/mol. The number of nitrogens with zero attached hydrogens (tertiary/aromatic N) is 2. The molecular formula is C15H11F5N2. The highest BCUT2D eigenvalue weighted by Gasteiger charge is 2.35. The van der Waals surface area contributed by atoms with E-state index in [9.17, 15) is 22.0 Å². The predicted molar refractivity (Wildman–Crippen MR) is 69.7 cm³/mol. The minimum Gasteiger partial charge on any atom is -0.359 e. The number of halogens is 5. The average Bonchev–Trinajstić information content (AvgIpc) is 3.31. The van der Waals surface area contributed by atoms with Crippen molar-refractivity contribution in [1.82, 2.24) is 4.98 Å². The molecule has 22 heavy (non-hydrogen) atoms. The summed E-state index contributed by atoms with van der Waals surface area (Å²) in [6.07, 6.45) is 1.22. The van der Waals surface area contributed by atoms with Gasteiger partial charge in [0.2, 0.25) is 11.6 Å². The molecule has 0 bridgehead atoms. The summed E-state index contributed by atoms with van der Waals surface area (Å²) in [6.45, 7) is -0.186. The maximum atomic E-state index is 13.9. The molecule has 7 heteroatoms. The van der Waals surface area contributed by atoms with Crippen LogP contribution in [0.15, 0.2) is 24.3 Å². The van der Waals surface area contributed by atoms with Crippen LogP contribution in [-0.2, 0) is 6.54 Å². The summed E-state index contributed by atoms with van der Waals surface area (Å²) in [5.74, 6) is -7.12. The van der Waals surface area contributed by atoms with Gasteiger partial charge in [0.25, 0.3) is 11.9 Å². The zero-order chi connectivity index (χ0) is 15.9. The fourth-order valence-corrected chi connectivity index (χ4v) is 2.32. The van der Waals surface area contributed by atoms with Gasteiger partial charge in [0.15, 0.2) is 0 Å². The highest BCUT2D eigenvalue weighted by Crippen LogP contribution is 2.37. The number of pyridine rings is 1. The van der Waals surface area contributed by atoms with Gasteiger partial charge in [-0.1, -0.05) is 18.2 Å². The van der Waals surface area contributed by atoms with Crippen molar-refractivity contribution in [2.24, 2.45) is 0 Å². The van der Waals surface area contributed by atoms with Crippen LogP contribution in [0.1, 0.15) is 18.4 Å². The van der Waals surface area contributed by atoms with Crippen LogP contribution in [0.25, 0.3) is 0 Å². The van der Waals surface area contributed by atoms with Gasteiger partial charge in [0.05, 0.1) is 0 Å². The van der Waals surface area contributed by atoms with Crippen molar-refractivity contribution in [3.05, 3.63) is 59.2 Å². The Morgan fingerprint density at radius 2 is 1.55 bits per heavy atom. The lowest BCUT2D eigenvalue weighted by Crippen LogP contribution is -2.28. The van der Waals surface area contributed by atoms with Gasteiger partial charge in [-0.25, -0.2) is 4.39 Å². The first-order chi connectivity index (χ1) is 10.5. The second-order valence-electron chi connectivity index (χ2n) is 5.12. The van der Waals surface area contributed by atoms with Gasteiger partial charge in [-0.3, -0.25) is 0 Å². The van der Waals surface area contributed by atoms with E-state index in [1.807, 2.05) is 0 Å². The van der Waals surface area contributed by atoms with Crippen molar-refractivity contribution in [3.63, 3.8) is 0 Å². The lowest BCUT2D eigenvalue weighted by molar-refractivity contribution is 0.404. The van der Waals surface area contributed by atoms with Crippen molar-refractivity contribution >= 4 is 5.69 Å². The molecule has 116 valence electrons. The van der Waals surface area contributed by atoms with Crippen LogP contribution in [0.4, 0.5) is 27.6 Å². The minimum atomic E-state index is -1.71. The highest BCUT2D eigenvalue weighted by molar-refractivity contribution is 5.51. The Balaban J connectivity index is 2.05. The summed E-state index contributed by atoms with van der Waals surface area (Å²) < 4.78 is 68.1. The summed E-state index contributed by atoms with van der Waals surface area (Å²) in [4.78, 5) is 3.69. The molecule has 3 rings (SSSR count). The molecule has 2 nitrogen and oxygen atoms in total. The molecule has 0 unspecified atom stereocenters. The van der Waals surface area contributed by atoms with E-state index in [1.165, 1.54) is 18.2 Å². The molecule has 0 atom stereocenters. The topological polar surface area (TPSA) is 16.1 Å². The Labute approximate surface area is 123 Å². The molecule has 0 amide bonds. The van der Waals surface area contributed by atoms with E-state index in [2.05, 4.69) is 4.98 Å². The Bertz CT molecular complexity index is 689. The maximum absolute atomic E-state index is 13.9. The second-order valence-corrected chi connectivity index (χ2v) is 5.12. The van der Waals surface area contributed by atoms with Crippen molar-refractivity contribution < 1.29 is 22.0 Å². The van der Waals surface area contributed by atoms with Crippen molar-refractivity contribution in [2.45, 2.75) is 25.4 Å². The fraction of sp³-hybridized carbons (Fsp3) is 0.267. The molecule has 1 aliphatic rings. The van der Waals surface area contributed by atoms with Gasteiger partial charge in [-0.15, -0.1) is 0 Å². The first-order valence-corrected chi connectivity index (χ1v) is 6.69. The standard InChI is InChI=1S/C15H11F5N2/c16-10-4-2-1-3-8(10)7-22(9-5-6-9)13-11(17)14(19)21-15(20)12(13)18/h1-4,9H,5-7H2. The van der Waals surface area contributed by atoms with Crippen LogP contribution in [0.5, 0.6) is 0 Å². The van der Waals surface area contributed by atoms with Crippen LogP contribution in [0, 0.1) is 29.3 Å². The molecule has 1 saturated carbocycles. The maximum Gasteiger partial charge on any atom is 0.253 e. The predicted octanol–water partition coefficient (Wildman–Crippen LogP) is 3.95. The fourth-order valence-electron chi connectivity index (χ4n) is 2.32. The molecule has 1 fully saturated rings. The number of aromatic nitrogens is 1. The second kappa shape index (κ2) is 5.55. The van der Waals surface area contributed by atoms with E-state index in [0.717, 1.165) is 4.90 Å². The van der Waals surface area contributed by atoms with E-state index in [4.69, 9.17) is 0 Å². The molecule has 1 aliphatic carbocycles. The van der Waals surface area contributed by atoms with Crippen molar-refractivity contribution in [2.75, 3.05) is 4.90 Å². The average molecular weight is 314 g/mol. The SMILES string of the molecule is Fc1ccccc1CN(c1c(F)c(F)nc(F)c1F)C1CC1. The Kier molecular flexibility index (Phi) is 3.72. The third kappa shape index (κ3) is 2.63. The van der Waals surface area contributed by atoms with Gasteiger partial charge in [-0.05, 0) is 18.9 Å². The van der Waals surface area contributed by atoms with E-state index >= 15 is 0 Å². The number of hydrogen-bond acceptors (Lipinski definition) is 2. The minimum absolute atomic E-state index is 0.186. The van der Waals surface area contributed by atoms with Gasteiger partial charge >= 0.3 is 0 Å². The lowest BCUT2D eigenvalue weighted by atomic mass is 10.2. The Hall–Kier alpha value is -2.18. The van der Waals surface area contributed by atoms with Gasteiger partial charge in [0, 0.05) is 18.2 Å². The van der Waals surface area contributed by atoms with Crippen molar-refractivity contribution in [3.8, 4) is 0 Å². The number of anilines is 1. The number of hydrogen-bond donors (Lipinski definition) is 0. The summed E-state index contributed by atoms with van der Waals surface area (Å²) in [5.41, 5.74) is -0.651. The van der Waals surface area contributed by atoms with Crippen LogP contribution in [0.2, 0.25) is 0 Å². The Morgan fingerprint density at radius 3 is 2.09 bits per heavy atom. The molecule has 1 aromatic carbocycles. The first-order valence-electron chi connectivity index (χ1n) is 6.69. The lowest BCUT2D eigenvalue weighted by Gasteiger charge is -2.25. The molecule has 0 radical (unpaired) electrons. The molecule has 1 aromatic heterocycles.